The zero-order chi connectivity index (χ0) is 15.3. The minimum atomic E-state index is -1.36. The van der Waals surface area contributed by atoms with Crippen LogP contribution in [0.3, 0.4) is 0 Å². The van der Waals surface area contributed by atoms with E-state index in [0.29, 0.717) is 10.2 Å². The van der Waals surface area contributed by atoms with Crippen molar-refractivity contribution in [2.45, 2.75) is 25.8 Å². The third-order valence-electron chi connectivity index (χ3n) is 2.92. The normalized spacial score (nSPS) is 12.9. The number of hydrogen-bond donors (Lipinski definition) is 3. The molecule has 0 fully saturated rings. The van der Waals surface area contributed by atoms with E-state index in [-0.39, 0.29) is 12.0 Å². The van der Waals surface area contributed by atoms with E-state index < -0.39 is 17.5 Å². The van der Waals surface area contributed by atoms with Crippen molar-refractivity contribution in [3.63, 3.8) is 0 Å². The Bertz CT molecular complexity index is 583. The minimum absolute atomic E-state index is 0.235. The van der Waals surface area contributed by atoms with Gasteiger partial charge in [-0.1, -0.05) is 22.9 Å². The summed E-state index contributed by atoms with van der Waals surface area (Å²) in [4.78, 5) is 23.0. The number of rotatable bonds is 4. The fourth-order valence-electron chi connectivity index (χ4n) is 1.41. The Hall–Kier alpha value is -2.07. The fourth-order valence-corrected chi connectivity index (χ4v) is 1.78. The van der Waals surface area contributed by atoms with E-state index in [1.807, 2.05) is 6.07 Å². The van der Waals surface area contributed by atoms with Gasteiger partial charge in [-0.25, -0.2) is 9.59 Å². The van der Waals surface area contributed by atoms with Crippen molar-refractivity contribution in [1.29, 1.82) is 5.26 Å². The number of urea groups is 1. The van der Waals surface area contributed by atoms with Gasteiger partial charge in [-0.3, -0.25) is 0 Å². The first-order valence-electron chi connectivity index (χ1n) is 5.84. The fraction of sp³-hybridized carbons (Fsp3) is 0.308. The van der Waals surface area contributed by atoms with Crippen LogP contribution in [-0.4, -0.2) is 22.6 Å². The van der Waals surface area contributed by atoms with Gasteiger partial charge in [0.25, 0.3) is 0 Å². The van der Waals surface area contributed by atoms with Gasteiger partial charge in [0.15, 0.2) is 0 Å². The zero-order valence-corrected chi connectivity index (χ0v) is 12.6. The number of carbonyl (C=O) groups excluding carboxylic acids is 1. The highest BCUT2D eigenvalue weighted by atomic mass is 79.9. The molecular formula is C13H14BrN3O3. The molecule has 1 rings (SSSR count). The first-order valence-corrected chi connectivity index (χ1v) is 6.64. The lowest BCUT2D eigenvalue weighted by Gasteiger charge is -2.24. The Morgan fingerprint density at radius 3 is 2.65 bits per heavy atom. The zero-order valence-electron chi connectivity index (χ0n) is 11.0. The third-order valence-corrected chi connectivity index (χ3v) is 3.41. The quantitative estimate of drug-likeness (QED) is 0.784. The van der Waals surface area contributed by atoms with E-state index in [1.54, 1.807) is 25.1 Å². The van der Waals surface area contributed by atoms with Crippen LogP contribution in [0.25, 0.3) is 0 Å². The van der Waals surface area contributed by atoms with Crippen LogP contribution < -0.4 is 10.6 Å². The van der Waals surface area contributed by atoms with Gasteiger partial charge in [-0.05, 0) is 31.5 Å². The Morgan fingerprint density at radius 2 is 2.15 bits per heavy atom. The van der Waals surface area contributed by atoms with Gasteiger partial charge < -0.3 is 15.7 Å². The van der Waals surface area contributed by atoms with Crippen LogP contribution in [0.15, 0.2) is 22.7 Å². The van der Waals surface area contributed by atoms with Gasteiger partial charge in [-0.15, -0.1) is 0 Å². The van der Waals surface area contributed by atoms with Crippen LogP contribution in [0.2, 0.25) is 0 Å². The molecule has 106 valence electrons. The van der Waals surface area contributed by atoms with Gasteiger partial charge in [0, 0.05) is 4.47 Å². The summed E-state index contributed by atoms with van der Waals surface area (Å²) < 4.78 is 0.697. The largest absolute Gasteiger partial charge is 0.480 e. The number of benzene rings is 1. The SMILES string of the molecule is CCC(C)(NC(=O)Nc1cc(Br)ccc1C#N)C(=O)O. The molecule has 0 aliphatic rings. The summed E-state index contributed by atoms with van der Waals surface area (Å²) >= 11 is 3.24. The topological polar surface area (TPSA) is 102 Å². The van der Waals surface area contributed by atoms with Crippen molar-refractivity contribution >= 4 is 33.6 Å². The van der Waals surface area contributed by atoms with E-state index >= 15 is 0 Å². The molecule has 7 heteroatoms. The maximum absolute atomic E-state index is 11.9. The molecule has 1 aromatic rings. The van der Waals surface area contributed by atoms with E-state index in [1.165, 1.54) is 6.92 Å². The van der Waals surface area contributed by atoms with E-state index in [4.69, 9.17) is 10.4 Å². The Labute approximate surface area is 124 Å². The van der Waals surface area contributed by atoms with Gasteiger partial charge in [0.05, 0.1) is 11.3 Å². The van der Waals surface area contributed by atoms with Crippen molar-refractivity contribution in [3.05, 3.63) is 28.2 Å². The highest BCUT2D eigenvalue weighted by Gasteiger charge is 2.32. The number of nitriles is 1. The number of anilines is 1. The molecule has 0 aliphatic heterocycles. The molecule has 0 bridgehead atoms. The number of carboxylic acid groups (broad SMARTS) is 1. The number of carbonyl (C=O) groups is 2. The van der Waals surface area contributed by atoms with Gasteiger partial charge in [0.1, 0.15) is 11.6 Å². The first kappa shape index (κ1) is 16.0. The number of amides is 2. The van der Waals surface area contributed by atoms with Crippen molar-refractivity contribution in [2.24, 2.45) is 0 Å². The second-order valence-electron chi connectivity index (χ2n) is 4.37. The molecule has 0 radical (unpaired) electrons. The molecule has 0 heterocycles. The number of carboxylic acids is 1. The summed E-state index contributed by atoms with van der Waals surface area (Å²) in [5, 5.41) is 22.9. The van der Waals surface area contributed by atoms with E-state index in [0.717, 1.165) is 0 Å². The molecular weight excluding hydrogens is 326 g/mol. The molecule has 0 saturated heterocycles. The minimum Gasteiger partial charge on any atom is -0.480 e. The summed E-state index contributed by atoms with van der Waals surface area (Å²) in [6.45, 7) is 3.08. The van der Waals surface area contributed by atoms with Crippen LogP contribution in [0.4, 0.5) is 10.5 Å². The first-order chi connectivity index (χ1) is 9.32. The van der Waals surface area contributed by atoms with Gasteiger partial charge >= 0.3 is 12.0 Å². The summed E-state index contributed by atoms with van der Waals surface area (Å²) in [5.41, 5.74) is -0.761. The summed E-state index contributed by atoms with van der Waals surface area (Å²) in [6, 6.07) is 6.07. The van der Waals surface area contributed by atoms with Crippen LogP contribution in [0.1, 0.15) is 25.8 Å². The second kappa shape index (κ2) is 6.39. The number of halogens is 1. The molecule has 1 unspecified atom stereocenters. The highest BCUT2D eigenvalue weighted by molar-refractivity contribution is 9.10. The smallest absolute Gasteiger partial charge is 0.329 e. The number of nitrogens with zero attached hydrogens (tertiary/aromatic N) is 1. The van der Waals surface area contributed by atoms with Crippen molar-refractivity contribution in [1.82, 2.24) is 5.32 Å². The number of aliphatic carboxylic acids is 1. The molecule has 0 aliphatic carbocycles. The highest BCUT2D eigenvalue weighted by Crippen LogP contribution is 2.21. The predicted molar refractivity (Wildman–Crippen MR) is 77.3 cm³/mol. The molecule has 3 N–H and O–H groups in total. The monoisotopic (exact) mass is 339 g/mol. The molecule has 1 atom stereocenters. The van der Waals surface area contributed by atoms with Crippen LogP contribution in [-0.2, 0) is 4.79 Å². The maximum atomic E-state index is 11.9. The molecule has 1 aromatic carbocycles. The molecule has 0 aromatic heterocycles. The predicted octanol–water partition coefficient (Wildman–Crippen LogP) is 2.70. The Balaban J connectivity index is 2.90. The van der Waals surface area contributed by atoms with Crippen LogP contribution >= 0.6 is 15.9 Å². The average molecular weight is 340 g/mol. The Morgan fingerprint density at radius 1 is 1.50 bits per heavy atom. The molecule has 0 spiro atoms. The standard InChI is InChI=1S/C13H14BrN3O3/c1-3-13(2,11(18)19)17-12(20)16-10-6-9(14)5-4-8(10)7-15/h4-6H,3H2,1-2H3,(H,18,19)(H2,16,17,20). The summed E-state index contributed by atoms with van der Waals surface area (Å²) in [5.74, 6) is -1.12. The molecule has 0 saturated carbocycles. The van der Waals surface area contributed by atoms with Crippen molar-refractivity contribution < 1.29 is 14.7 Å². The number of hydrogen-bond acceptors (Lipinski definition) is 3. The van der Waals surface area contributed by atoms with Crippen LogP contribution in [0.5, 0.6) is 0 Å². The second-order valence-corrected chi connectivity index (χ2v) is 5.29. The van der Waals surface area contributed by atoms with Crippen molar-refractivity contribution in [2.75, 3.05) is 5.32 Å². The van der Waals surface area contributed by atoms with E-state index in [9.17, 15) is 9.59 Å². The van der Waals surface area contributed by atoms with Gasteiger partial charge in [0.2, 0.25) is 0 Å². The summed E-state index contributed by atoms with van der Waals surface area (Å²) in [6.07, 6.45) is 0.235. The van der Waals surface area contributed by atoms with E-state index in [2.05, 4.69) is 26.6 Å². The lowest BCUT2D eigenvalue weighted by molar-refractivity contribution is -0.143. The van der Waals surface area contributed by atoms with Crippen molar-refractivity contribution in [3.8, 4) is 6.07 Å². The molecule has 2 amide bonds. The van der Waals surface area contributed by atoms with Crippen LogP contribution in [0, 0.1) is 11.3 Å². The average Bonchev–Trinajstić information content (AvgIpc) is 2.38. The molecule has 20 heavy (non-hydrogen) atoms. The van der Waals surface area contributed by atoms with Gasteiger partial charge in [-0.2, -0.15) is 5.26 Å². The third kappa shape index (κ3) is 3.71. The maximum Gasteiger partial charge on any atom is 0.329 e. The Kier molecular flexibility index (Phi) is 5.11. The molecule has 6 nitrogen and oxygen atoms in total. The summed E-state index contributed by atoms with van der Waals surface area (Å²) in [7, 11) is 0. The lowest BCUT2D eigenvalue weighted by atomic mass is 10.00. The number of nitrogens with one attached hydrogen (secondary N) is 2. The lowest BCUT2D eigenvalue weighted by Crippen LogP contribution is -2.53.